The van der Waals surface area contributed by atoms with Crippen LogP contribution in [0.1, 0.15) is 6.42 Å². The minimum atomic E-state index is 0.570. The monoisotopic (exact) mass is 223 g/mol. The van der Waals surface area contributed by atoms with Crippen LogP contribution in [0.4, 0.5) is 5.69 Å². The number of hydrogen-bond donors (Lipinski definition) is 1. The van der Waals surface area contributed by atoms with E-state index in [9.17, 15) is 0 Å². The molecular formula is C11H14ClN3. The molecule has 0 aliphatic carbocycles. The van der Waals surface area contributed by atoms with Crippen molar-refractivity contribution in [3.8, 4) is 0 Å². The molecule has 2 fully saturated rings. The SMILES string of the molecule is Clc1ccc(N2CC3CNCCC32)cn1. The van der Waals surface area contributed by atoms with E-state index < -0.39 is 0 Å². The van der Waals surface area contributed by atoms with Crippen LogP contribution < -0.4 is 10.2 Å². The van der Waals surface area contributed by atoms with Gasteiger partial charge in [-0.25, -0.2) is 4.98 Å². The molecule has 0 radical (unpaired) electrons. The zero-order chi connectivity index (χ0) is 10.3. The quantitative estimate of drug-likeness (QED) is 0.732. The molecule has 2 aliphatic heterocycles. The largest absolute Gasteiger partial charge is 0.366 e. The lowest BCUT2D eigenvalue weighted by Crippen LogP contribution is -2.63. The number of anilines is 1. The highest BCUT2D eigenvalue weighted by Gasteiger charge is 2.40. The van der Waals surface area contributed by atoms with E-state index in [0.29, 0.717) is 11.2 Å². The second kappa shape index (κ2) is 3.65. The number of rotatable bonds is 1. The Kier molecular flexibility index (Phi) is 2.29. The normalized spacial score (nSPS) is 29.5. The molecule has 0 aromatic carbocycles. The van der Waals surface area contributed by atoms with Crippen molar-refractivity contribution in [2.45, 2.75) is 12.5 Å². The number of hydrogen-bond acceptors (Lipinski definition) is 3. The molecule has 0 amide bonds. The lowest BCUT2D eigenvalue weighted by molar-refractivity contribution is 0.230. The highest BCUT2D eigenvalue weighted by atomic mass is 35.5. The molecule has 4 heteroatoms. The molecule has 3 nitrogen and oxygen atoms in total. The van der Waals surface area contributed by atoms with Crippen molar-refractivity contribution in [3.05, 3.63) is 23.5 Å². The summed E-state index contributed by atoms with van der Waals surface area (Å²) in [7, 11) is 0. The Morgan fingerprint density at radius 3 is 3.13 bits per heavy atom. The van der Waals surface area contributed by atoms with Crippen molar-refractivity contribution >= 4 is 17.3 Å². The molecule has 1 N–H and O–H groups in total. The van der Waals surface area contributed by atoms with E-state index in [-0.39, 0.29) is 0 Å². The van der Waals surface area contributed by atoms with E-state index in [4.69, 9.17) is 11.6 Å². The van der Waals surface area contributed by atoms with E-state index >= 15 is 0 Å². The smallest absolute Gasteiger partial charge is 0.129 e. The fourth-order valence-corrected chi connectivity index (χ4v) is 2.70. The molecule has 80 valence electrons. The van der Waals surface area contributed by atoms with Gasteiger partial charge >= 0.3 is 0 Å². The van der Waals surface area contributed by atoms with Crippen LogP contribution in [0.2, 0.25) is 5.15 Å². The van der Waals surface area contributed by atoms with Crippen LogP contribution >= 0.6 is 11.6 Å². The lowest BCUT2D eigenvalue weighted by Gasteiger charge is -2.52. The Bertz CT molecular complexity index is 351. The minimum absolute atomic E-state index is 0.570. The Hall–Kier alpha value is -0.800. The summed E-state index contributed by atoms with van der Waals surface area (Å²) in [5.74, 6) is 0.828. The van der Waals surface area contributed by atoms with Crippen LogP contribution in [0.25, 0.3) is 0 Å². The van der Waals surface area contributed by atoms with Gasteiger partial charge in [-0.15, -0.1) is 0 Å². The summed E-state index contributed by atoms with van der Waals surface area (Å²) < 4.78 is 0. The first-order valence-corrected chi connectivity index (χ1v) is 5.81. The fourth-order valence-electron chi connectivity index (χ4n) is 2.59. The predicted octanol–water partition coefficient (Wildman–Crippen LogP) is 1.53. The van der Waals surface area contributed by atoms with E-state index in [1.54, 1.807) is 0 Å². The highest BCUT2D eigenvalue weighted by Crippen LogP contribution is 2.34. The number of fused-ring (bicyclic) bond motifs is 1. The van der Waals surface area contributed by atoms with Crippen molar-refractivity contribution < 1.29 is 0 Å². The van der Waals surface area contributed by atoms with E-state index in [0.717, 1.165) is 19.0 Å². The summed E-state index contributed by atoms with van der Waals surface area (Å²) in [6, 6.07) is 4.65. The molecule has 1 aromatic heterocycles. The molecule has 0 spiro atoms. The molecule has 2 unspecified atom stereocenters. The number of halogens is 1. The molecule has 3 rings (SSSR count). The number of piperidine rings is 1. The first-order chi connectivity index (χ1) is 7.34. The third-order valence-corrected chi connectivity index (χ3v) is 3.67. The highest BCUT2D eigenvalue weighted by molar-refractivity contribution is 6.29. The van der Waals surface area contributed by atoms with Gasteiger partial charge in [-0.2, -0.15) is 0 Å². The van der Waals surface area contributed by atoms with Crippen molar-refractivity contribution in [1.29, 1.82) is 0 Å². The number of aromatic nitrogens is 1. The summed E-state index contributed by atoms with van der Waals surface area (Å²) in [6.45, 7) is 3.46. The zero-order valence-electron chi connectivity index (χ0n) is 8.49. The second-order valence-corrected chi connectivity index (χ2v) is 4.70. The van der Waals surface area contributed by atoms with E-state index in [1.165, 1.54) is 18.7 Å². The maximum atomic E-state index is 5.78. The van der Waals surface area contributed by atoms with Gasteiger partial charge in [0.1, 0.15) is 5.15 Å². The first kappa shape index (κ1) is 9.43. The van der Waals surface area contributed by atoms with Gasteiger partial charge in [-0.05, 0) is 25.1 Å². The van der Waals surface area contributed by atoms with E-state index in [1.807, 2.05) is 12.3 Å². The maximum absolute atomic E-state index is 5.78. The summed E-state index contributed by atoms with van der Waals surface area (Å²) >= 11 is 5.78. The molecule has 0 saturated carbocycles. The van der Waals surface area contributed by atoms with Gasteiger partial charge in [-0.1, -0.05) is 11.6 Å². The van der Waals surface area contributed by atoms with Crippen LogP contribution in [0.15, 0.2) is 18.3 Å². The van der Waals surface area contributed by atoms with Gasteiger partial charge in [0.05, 0.1) is 11.9 Å². The third kappa shape index (κ3) is 1.60. The predicted molar refractivity (Wildman–Crippen MR) is 61.4 cm³/mol. The van der Waals surface area contributed by atoms with Crippen molar-refractivity contribution in [3.63, 3.8) is 0 Å². The van der Waals surface area contributed by atoms with Crippen molar-refractivity contribution in [2.75, 3.05) is 24.5 Å². The van der Waals surface area contributed by atoms with Gasteiger partial charge in [-0.3, -0.25) is 0 Å². The van der Waals surface area contributed by atoms with Gasteiger partial charge in [0, 0.05) is 25.0 Å². The molecule has 15 heavy (non-hydrogen) atoms. The fraction of sp³-hybridized carbons (Fsp3) is 0.545. The van der Waals surface area contributed by atoms with Gasteiger partial charge < -0.3 is 10.2 Å². The van der Waals surface area contributed by atoms with Crippen LogP contribution in [-0.2, 0) is 0 Å². The molecule has 2 saturated heterocycles. The summed E-state index contributed by atoms with van der Waals surface area (Å²) in [6.07, 6.45) is 3.12. The van der Waals surface area contributed by atoms with Crippen LogP contribution in [0, 0.1) is 5.92 Å². The molecule has 0 bridgehead atoms. The zero-order valence-corrected chi connectivity index (χ0v) is 9.24. The Labute approximate surface area is 94.4 Å². The molecule has 2 atom stereocenters. The van der Waals surface area contributed by atoms with Crippen molar-refractivity contribution in [2.24, 2.45) is 5.92 Å². The van der Waals surface area contributed by atoms with E-state index in [2.05, 4.69) is 21.3 Å². The molecular weight excluding hydrogens is 210 g/mol. The van der Waals surface area contributed by atoms with Crippen LogP contribution in [0.3, 0.4) is 0 Å². The first-order valence-electron chi connectivity index (χ1n) is 5.43. The number of nitrogens with zero attached hydrogens (tertiary/aromatic N) is 2. The van der Waals surface area contributed by atoms with Gasteiger partial charge in [0.25, 0.3) is 0 Å². The average Bonchev–Trinajstić information content (AvgIpc) is 2.23. The van der Waals surface area contributed by atoms with Gasteiger partial charge in [0.15, 0.2) is 0 Å². The average molecular weight is 224 g/mol. The Balaban J connectivity index is 1.76. The molecule has 2 aliphatic rings. The maximum Gasteiger partial charge on any atom is 0.129 e. The Morgan fingerprint density at radius 1 is 1.47 bits per heavy atom. The lowest BCUT2D eigenvalue weighted by atomic mass is 9.83. The van der Waals surface area contributed by atoms with Crippen LogP contribution in [-0.4, -0.2) is 30.7 Å². The molecule has 3 heterocycles. The number of pyridine rings is 1. The third-order valence-electron chi connectivity index (χ3n) is 3.44. The molecule has 1 aromatic rings. The topological polar surface area (TPSA) is 28.2 Å². The summed E-state index contributed by atoms with van der Waals surface area (Å²) in [4.78, 5) is 6.57. The Morgan fingerprint density at radius 2 is 2.40 bits per heavy atom. The number of nitrogens with one attached hydrogen (secondary N) is 1. The van der Waals surface area contributed by atoms with Crippen molar-refractivity contribution in [1.82, 2.24) is 10.3 Å². The minimum Gasteiger partial charge on any atom is -0.366 e. The summed E-state index contributed by atoms with van der Waals surface area (Å²) in [5, 5.41) is 4.00. The van der Waals surface area contributed by atoms with Crippen LogP contribution in [0.5, 0.6) is 0 Å². The summed E-state index contributed by atoms with van der Waals surface area (Å²) in [5.41, 5.74) is 1.21. The second-order valence-electron chi connectivity index (χ2n) is 4.31. The standard InChI is InChI=1S/C11H14ClN3/c12-11-2-1-9(6-14-11)15-7-8-5-13-4-3-10(8)15/h1-2,6,8,10,13H,3-5,7H2. The van der Waals surface area contributed by atoms with Gasteiger partial charge in [0.2, 0.25) is 0 Å².